The van der Waals surface area contributed by atoms with E-state index in [-0.39, 0.29) is 11.9 Å². The molecule has 1 amide bonds. The molecular weight excluding hydrogens is 250 g/mol. The molecule has 18 heavy (non-hydrogen) atoms. The smallest absolute Gasteiger partial charge is 0.253 e. The van der Waals surface area contributed by atoms with E-state index in [1.807, 2.05) is 0 Å². The number of hydrogen-bond acceptors (Lipinski definition) is 4. The average molecular weight is 267 g/mol. The first-order chi connectivity index (χ1) is 8.70. The van der Waals surface area contributed by atoms with Crippen LogP contribution in [0.3, 0.4) is 0 Å². The number of hydrogen-bond donors (Lipinski definition) is 2. The van der Waals surface area contributed by atoms with Gasteiger partial charge in [0.15, 0.2) is 0 Å². The highest BCUT2D eigenvalue weighted by Crippen LogP contribution is 2.14. The summed E-state index contributed by atoms with van der Waals surface area (Å²) in [6.07, 6.45) is 4.81. The summed E-state index contributed by atoms with van der Waals surface area (Å²) < 4.78 is 11.2. The lowest BCUT2D eigenvalue weighted by molar-refractivity contribution is 0.0935. The van der Waals surface area contributed by atoms with Crippen LogP contribution in [0.2, 0.25) is 0 Å². The molecule has 1 aliphatic rings. The van der Waals surface area contributed by atoms with Crippen molar-refractivity contribution in [3.05, 3.63) is 24.0 Å². The second-order valence-electron chi connectivity index (χ2n) is 4.27. The van der Waals surface area contributed by atoms with Gasteiger partial charge in [-0.15, -0.1) is 0 Å². The molecule has 6 heteroatoms. The van der Waals surface area contributed by atoms with Crippen molar-refractivity contribution in [3.63, 3.8) is 0 Å². The standard InChI is InChI=1S/C12H17N3O2S/c1-13-11-8-14-5-2-10(11)12(16)15-9-3-6-18(17)7-4-9/h2,5,8-9,13H,3-4,6-7H2,1H3,(H,15,16). The van der Waals surface area contributed by atoms with Gasteiger partial charge in [-0.25, -0.2) is 0 Å². The third kappa shape index (κ3) is 3.07. The van der Waals surface area contributed by atoms with Crippen molar-refractivity contribution in [1.82, 2.24) is 10.3 Å². The van der Waals surface area contributed by atoms with E-state index in [0.29, 0.717) is 17.1 Å². The summed E-state index contributed by atoms with van der Waals surface area (Å²) in [4.78, 5) is 16.1. The fourth-order valence-corrected chi connectivity index (χ4v) is 3.29. The first-order valence-electron chi connectivity index (χ1n) is 5.98. The molecular formula is C12H17N3O2S. The van der Waals surface area contributed by atoms with E-state index in [4.69, 9.17) is 0 Å². The number of aromatic nitrogens is 1. The second kappa shape index (κ2) is 5.95. The zero-order valence-corrected chi connectivity index (χ0v) is 11.1. The van der Waals surface area contributed by atoms with Gasteiger partial charge in [0.2, 0.25) is 0 Å². The number of rotatable bonds is 3. The Morgan fingerprint density at radius 1 is 1.44 bits per heavy atom. The molecule has 0 spiro atoms. The van der Waals surface area contributed by atoms with E-state index in [9.17, 15) is 9.00 Å². The van der Waals surface area contributed by atoms with Crippen LogP contribution in [0, 0.1) is 0 Å². The van der Waals surface area contributed by atoms with Crippen molar-refractivity contribution in [3.8, 4) is 0 Å². The molecule has 0 radical (unpaired) electrons. The zero-order valence-electron chi connectivity index (χ0n) is 10.3. The number of carbonyl (C=O) groups is 1. The largest absolute Gasteiger partial charge is 0.386 e. The molecule has 2 heterocycles. The summed E-state index contributed by atoms with van der Waals surface area (Å²) in [7, 11) is 1.06. The lowest BCUT2D eigenvalue weighted by atomic mass is 10.1. The molecule has 2 rings (SSSR count). The van der Waals surface area contributed by atoms with E-state index >= 15 is 0 Å². The van der Waals surface area contributed by atoms with Crippen molar-refractivity contribution in [2.24, 2.45) is 0 Å². The maximum atomic E-state index is 12.1. The topological polar surface area (TPSA) is 71.1 Å². The Hall–Kier alpha value is -1.43. The van der Waals surface area contributed by atoms with Crippen molar-refractivity contribution < 1.29 is 9.00 Å². The van der Waals surface area contributed by atoms with Gasteiger partial charge in [-0.1, -0.05) is 0 Å². The van der Waals surface area contributed by atoms with Gasteiger partial charge in [0.1, 0.15) is 0 Å². The molecule has 1 aliphatic heterocycles. The van der Waals surface area contributed by atoms with Gasteiger partial charge in [-0.3, -0.25) is 14.0 Å². The Bertz CT molecular complexity index is 454. The lowest BCUT2D eigenvalue weighted by Gasteiger charge is -2.22. The molecule has 0 aromatic carbocycles. The van der Waals surface area contributed by atoms with E-state index in [2.05, 4.69) is 15.6 Å². The van der Waals surface area contributed by atoms with E-state index in [1.54, 1.807) is 25.5 Å². The minimum absolute atomic E-state index is 0.0977. The number of amides is 1. The fourth-order valence-electron chi connectivity index (χ4n) is 1.99. The number of nitrogens with zero attached hydrogens (tertiary/aromatic N) is 1. The van der Waals surface area contributed by atoms with Crippen LogP contribution >= 0.6 is 0 Å². The maximum absolute atomic E-state index is 12.1. The van der Waals surface area contributed by atoms with E-state index in [0.717, 1.165) is 18.5 Å². The first-order valence-corrected chi connectivity index (χ1v) is 7.47. The third-order valence-electron chi connectivity index (χ3n) is 3.06. The molecule has 1 aromatic heterocycles. The summed E-state index contributed by atoms with van der Waals surface area (Å²) in [6.45, 7) is 0. The Kier molecular flexibility index (Phi) is 4.30. The molecule has 1 aromatic rings. The Morgan fingerprint density at radius 3 is 2.83 bits per heavy atom. The summed E-state index contributed by atoms with van der Waals surface area (Å²) in [6, 6.07) is 1.83. The van der Waals surface area contributed by atoms with Gasteiger partial charge in [0, 0.05) is 41.6 Å². The van der Waals surface area contributed by atoms with E-state index in [1.165, 1.54) is 0 Å². The molecule has 2 N–H and O–H groups in total. The molecule has 1 saturated heterocycles. The molecule has 0 unspecified atom stereocenters. The summed E-state index contributed by atoms with van der Waals surface area (Å²) in [5.74, 6) is 1.26. The Morgan fingerprint density at radius 2 is 2.17 bits per heavy atom. The lowest BCUT2D eigenvalue weighted by Crippen LogP contribution is -2.39. The van der Waals surface area contributed by atoms with Gasteiger partial charge in [-0.2, -0.15) is 0 Å². The van der Waals surface area contributed by atoms with Gasteiger partial charge in [-0.05, 0) is 18.9 Å². The Balaban J connectivity index is 2.01. The predicted octanol–water partition coefficient (Wildman–Crippen LogP) is 0.764. The second-order valence-corrected chi connectivity index (χ2v) is 5.96. The van der Waals surface area contributed by atoms with Gasteiger partial charge >= 0.3 is 0 Å². The number of nitrogens with one attached hydrogen (secondary N) is 2. The Labute approximate surface area is 109 Å². The highest BCUT2D eigenvalue weighted by Gasteiger charge is 2.21. The molecule has 0 bridgehead atoms. The molecule has 5 nitrogen and oxygen atoms in total. The van der Waals surface area contributed by atoms with Gasteiger partial charge in [0.25, 0.3) is 5.91 Å². The van der Waals surface area contributed by atoms with Crippen LogP contribution in [0.5, 0.6) is 0 Å². The molecule has 0 aliphatic carbocycles. The number of carbonyl (C=O) groups excluding carboxylic acids is 1. The molecule has 1 fully saturated rings. The fraction of sp³-hybridized carbons (Fsp3) is 0.500. The van der Waals surface area contributed by atoms with Crippen LogP contribution in [0.15, 0.2) is 18.5 Å². The molecule has 0 atom stereocenters. The highest BCUT2D eigenvalue weighted by atomic mass is 32.2. The van der Waals surface area contributed by atoms with Crippen molar-refractivity contribution in [2.45, 2.75) is 18.9 Å². The zero-order chi connectivity index (χ0) is 13.0. The van der Waals surface area contributed by atoms with Gasteiger partial charge < -0.3 is 10.6 Å². The van der Waals surface area contributed by atoms with Crippen LogP contribution in [0.4, 0.5) is 5.69 Å². The third-order valence-corrected chi connectivity index (χ3v) is 4.44. The minimum atomic E-state index is -0.700. The normalized spacial score (nSPS) is 23.4. The van der Waals surface area contributed by atoms with Crippen molar-refractivity contribution in [2.75, 3.05) is 23.9 Å². The molecule has 98 valence electrons. The van der Waals surface area contributed by atoms with Crippen LogP contribution < -0.4 is 10.6 Å². The minimum Gasteiger partial charge on any atom is -0.386 e. The van der Waals surface area contributed by atoms with Crippen molar-refractivity contribution >= 4 is 22.4 Å². The summed E-state index contributed by atoms with van der Waals surface area (Å²) in [5.41, 5.74) is 1.31. The predicted molar refractivity (Wildman–Crippen MR) is 72.1 cm³/mol. The summed E-state index contributed by atoms with van der Waals surface area (Å²) >= 11 is 0. The van der Waals surface area contributed by atoms with Crippen LogP contribution in [0.25, 0.3) is 0 Å². The van der Waals surface area contributed by atoms with Gasteiger partial charge in [0.05, 0.1) is 17.4 Å². The highest BCUT2D eigenvalue weighted by molar-refractivity contribution is 7.85. The van der Waals surface area contributed by atoms with Crippen LogP contribution in [-0.4, -0.2) is 39.7 Å². The van der Waals surface area contributed by atoms with Crippen LogP contribution in [0.1, 0.15) is 23.2 Å². The number of anilines is 1. The quantitative estimate of drug-likeness (QED) is 0.848. The van der Waals surface area contributed by atoms with E-state index < -0.39 is 10.8 Å². The maximum Gasteiger partial charge on any atom is 0.253 e. The summed E-state index contributed by atoms with van der Waals surface area (Å²) in [5, 5.41) is 5.94. The molecule has 0 saturated carbocycles. The first kappa shape index (κ1) is 13.0. The van der Waals surface area contributed by atoms with Crippen LogP contribution in [-0.2, 0) is 10.8 Å². The van der Waals surface area contributed by atoms with Crippen molar-refractivity contribution in [1.29, 1.82) is 0 Å². The average Bonchev–Trinajstić information content (AvgIpc) is 2.41. The monoisotopic (exact) mass is 267 g/mol. The SMILES string of the molecule is CNc1cnccc1C(=O)NC1CCS(=O)CC1. The number of pyridine rings is 1.